The molecule has 3 heteroatoms. The lowest BCUT2D eigenvalue weighted by Crippen LogP contribution is -2.09. The van der Waals surface area contributed by atoms with E-state index in [-0.39, 0.29) is 6.04 Å². The lowest BCUT2D eigenvalue weighted by atomic mass is 10.0. The highest BCUT2D eigenvalue weighted by Gasteiger charge is 2.10. The molecule has 0 aliphatic carbocycles. The molecule has 0 aliphatic heterocycles. The van der Waals surface area contributed by atoms with Gasteiger partial charge in [-0.1, -0.05) is 35.0 Å². The van der Waals surface area contributed by atoms with Gasteiger partial charge in [0.25, 0.3) is 0 Å². The Kier molecular flexibility index (Phi) is 4.71. The van der Waals surface area contributed by atoms with Crippen LogP contribution in [0.15, 0.2) is 40.9 Å². The maximum atomic E-state index is 9.38. The summed E-state index contributed by atoms with van der Waals surface area (Å²) >= 11 is 3.59. The van der Waals surface area contributed by atoms with Crippen LogP contribution in [0.25, 0.3) is 0 Å². The van der Waals surface area contributed by atoms with E-state index >= 15 is 0 Å². The van der Waals surface area contributed by atoms with Gasteiger partial charge in [0.05, 0.1) is 6.04 Å². The highest BCUT2D eigenvalue weighted by atomic mass is 79.9. The maximum absolute atomic E-state index is 9.38. The number of hydrogen-bond donors (Lipinski definition) is 2. The second-order valence-corrected chi connectivity index (χ2v) is 5.91. The van der Waals surface area contributed by atoms with Gasteiger partial charge in [-0.3, -0.25) is 0 Å². The molecule has 2 rings (SSSR count). The number of hydrogen-bond acceptors (Lipinski definition) is 2. The van der Waals surface area contributed by atoms with Crippen molar-refractivity contribution in [1.29, 1.82) is 0 Å². The van der Waals surface area contributed by atoms with Gasteiger partial charge < -0.3 is 10.4 Å². The van der Waals surface area contributed by atoms with Crippen LogP contribution in [0.3, 0.4) is 0 Å². The second-order valence-electron chi connectivity index (χ2n) is 5.12. The highest BCUT2D eigenvalue weighted by Crippen LogP contribution is 2.29. The average Bonchev–Trinajstić information content (AvgIpc) is 2.43. The number of aryl methyl sites for hydroxylation is 2. The number of halogens is 1. The van der Waals surface area contributed by atoms with Crippen LogP contribution in [0.5, 0.6) is 5.75 Å². The largest absolute Gasteiger partial charge is 0.508 e. The lowest BCUT2D eigenvalue weighted by Gasteiger charge is -2.20. The van der Waals surface area contributed by atoms with Crippen LogP contribution in [-0.4, -0.2) is 5.11 Å². The molecule has 0 fully saturated rings. The van der Waals surface area contributed by atoms with E-state index in [1.807, 2.05) is 12.1 Å². The van der Waals surface area contributed by atoms with Crippen molar-refractivity contribution in [2.24, 2.45) is 0 Å². The number of phenols is 1. The zero-order chi connectivity index (χ0) is 14.7. The molecular formula is C17H20BrNO. The average molecular weight is 334 g/mol. The van der Waals surface area contributed by atoms with Crippen molar-refractivity contribution in [2.75, 3.05) is 5.32 Å². The molecule has 20 heavy (non-hydrogen) atoms. The van der Waals surface area contributed by atoms with Crippen molar-refractivity contribution >= 4 is 21.6 Å². The molecule has 0 aromatic heterocycles. The first-order valence-corrected chi connectivity index (χ1v) is 7.62. The van der Waals surface area contributed by atoms with E-state index in [2.05, 4.69) is 54.2 Å². The lowest BCUT2D eigenvalue weighted by molar-refractivity contribution is 0.475. The topological polar surface area (TPSA) is 32.3 Å². The summed E-state index contributed by atoms with van der Waals surface area (Å²) in [6.45, 7) is 6.36. The number of benzene rings is 2. The third kappa shape index (κ3) is 3.34. The van der Waals surface area contributed by atoms with Crippen molar-refractivity contribution < 1.29 is 5.11 Å². The fourth-order valence-corrected chi connectivity index (χ4v) is 2.59. The van der Waals surface area contributed by atoms with Crippen molar-refractivity contribution in [3.63, 3.8) is 0 Å². The quantitative estimate of drug-likeness (QED) is 0.791. The Morgan fingerprint density at radius 1 is 1.10 bits per heavy atom. The smallest absolute Gasteiger partial charge is 0.115 e. The monoisotopic (exact) mass is 333 g/mol. The second kappa shape index (κ2) is 6.31. The molecule has 0 saturated carbocycles. The first kappa shape index (κ1) is 14.9. The number of rotatable bonds is 4. The van der Waals surface area contributed by atoms with Gasteiger partial charge in [-0.2, -0.15) is 0 Å². The van der Waals surface area contributed by atoms with E-state index < -0.39 is 0 Å². The van der Waals surface area contributed by atoms with Crippen LogP contribution < -0.4 is 5.32 Å². The van der Waals surface area contributed by atoms with Crippen molar-refractivity contribution in [3.8, 4) is 5.75 Å². The van der Waals surface area contributed by atoms with E-state index in [9.17, 15) is 5.11 Å². The van der Waals surface area contributed by atoms with Gasteiger partial charge in [0.2, 0.25) is 0 Å². The van der Waals surface area contributed by atoms with Gasteiger partial charge in [0, 0.05) is 10.2 Å². The molecule has 2 nitrogen and oxygen atoms in total. The Balaban J connectivity index is 2.24. The molecule has 0 amide bonds. The van der Waals surface area contributed by atoms with Crippen molar-refractivity contribution in [2.45, 2.75) is 33.2 Å². The zero-order valence-corrected chi connectivity index (χ0v) is 13.7. The number of phenolic OH excluding ortho intramolecular Hbond substituents is 1. The molecule has 0 bridgehead atoms. The predicted molar refractivity (Wildman–Crippen MR) is 88.4 cm³/mol. The maximum Gasteiger partial charge on any atom is 0.115 e. The third-order valence-electron chi connectivity index (χ3n) is 3.48. The van der Waals surface area contributed by atoms with Gasteiger partial charge in [0.15, 0.2) is 0 Å². The van der Waals surface area contributed by atoms with E-state index in [1.54, 1.807) is 12.1 Å². The summed E-state index contributed by atoms with van der Waals surface area (Å²) in [5.41, 5.74) is 4.77. The zero-order valence-electron chi connectivity index (χ0n) is 12.1. The summed E-state index contributed by atoms with van der Waals surface area (Å²) in [6.07, 6.45) is 0.985. The summed E-state index contributed by atoms with van der Waals surface area (Å²) in [5, 5.41) is 12.9. The highest BCUT2D eigenvalue weighted by molar-refractivity contribution is 9.10. The molecule has 0 aliphatic rings. The van der Waals surface area contributed by atoms with E-state index in [1.165, 1.54) is 21.2 Å². The number of anilines is 1. The molecule has 0 saturated heterocycles. The standard InChI is InChI=1S/C17H20BrNO/c1-4-16(13-5-7-15(20)8-6-13)19-14-9-11(2)17(18)12(3)10-14/h5-10,16,19-20H,4H2,1-3H3. The molecule has 2 aromatic rings. The molecule has 1 unspecified atom stereocenters. The molecule has 106 valence electrons. The minimum absolute atomic E-state index is 0.246. The van der Waals surface area contributed by atoms with Gasteiger partial charge in [-0.25, -0.2) is 0 Å². The molecule has 2 aromatic carbocycles. The molecule has 0 spiro atoms. The summed E-state index contributed by atoms with van der Waals surface area (Å²) in [7, 11) is 0. The van der Waals surface area contributed by atoms with Crippen molar-refractivity contribution in [1.82, 2.24) is 0 Å². The third-order valence-corrected chi connectivity index (χ3v) is 4.73. The normalized spacial score (nSPS) is 12.2. The van der Waals surface area contributed by atoms with Gasteiger partial charge in [-0.15, -0.1) is 0 Å². The van der Waals surface area contributed by atoms with Crippen molar-refractivity contribution in [3.05, 3.63) is 57.6 Å². The molecule has 2 N–H and O–H groups in total. The van der Waals surface area contributed by atoms with Gasteiger partial charge in [0.1, 0.15) is 5.75 Å². The molecule has 0 radical (unpaired) electrons. The van der Waals surface area contributed by atoms with Crippen LogP contribution in [0, 0.1) is 13.8 Å². The minimum atomic E-state index is 0.246. The molecular weight excluding hydrogens is 314 g/mol. The summed E-state index contributed by atoms with van der Waals surface area (Å²) < 4.78 is 1.17. The van der Waals surface area contributed by atoms with Crippen LogP contribution in [-0.2, 0) is 0 Å². The number of nitrogens with one attached hydrogen (secondary N) is 1. The summed E-state index contributed by atoms with van der Waals surface area (Å²) in [6, 6.07) is 12.0. The van der Waals surface area contributed by atoms with Crippen LogP contribution in [0.2, 0.25) is 0 Å². The minimum Gasteiger partial charge on any atom is -0.508 e. The Morgan fingerprint density at radius 3 is 2.15 bits per heavy atom. The van der Waals surface area contributed by atoms with Crippen LogP contribution in [0.4, 0.5) is 5.69 Å². The Morgan fingerprint density at radius 2 is 1.65 bits per heavy atom. The number of aromatic hydroxyl groups is 1. The fourth-order valence-electron chi connectivity index (χ4n) is 2.36. The van der Waals surface area contributed by atoms with E-state index in [0.29, 0.717) is 5.75 Å². The van der Waals surface area contributed by atoms with Crippen LogP contribution in [0.1, 0.15) is 36.1 Å². The SMILES string of the molecule is CCC(Nc1cc(C)c(Br)c(C)c1)c1ccc(O)cc1. The van der Waals surface area contributed by atoms with Gasteiger partial charge in [-0.05, 0) is 61.2 Å². The first-order chi connectivity index (χ1) is 9.51. The Hall–Kier alpha value is -1.48. The van der Waals surface area contributed by atoms with Gasteiger partial charge >= 0.3 is 0 Å². The summed E-state index contributed by atoms with van der Waals surface area (Å²) in [4.78, 5) is 0. The Labute approximate surface area is 129 Å². The van der Waals surface area contributed by atoms with E-state index in [4.69, 9.17) is 0 Å². The van der Waals surface area contributed by atoms with E-state index in [0.717, 1.165) is 12.1 Å². The first-order valence-electron chi connectivity index (χ1n) is 6.83. The predicted octanol–water partition coefficient (Wildman–Crippen LogP) is 5.33. The Bertz CT molecular complexity index is 569. The molecule has 1 atom stereocenters. The summed E-state index contributed by atoms with van der Waals surface area (Å²) in [5.74, 6) is 0.305. The van der Waals surface area contributed by atoms with Crippen LogP contribution >= 0.6 is 15.9 Å². The fraction of sp³-hybridized carbons (Fsp3) is 0.294. The molecule has 0 heterocycles.